The van der Waals surface area contributed by atoms with Crippen molar-refractivity contribution in [3.05, 3.63) is 24.0 Å². The van der Waals surface area contributed by atoms with E-state index >= 15 is 0 Å². The van der Waals surface area contributed by atoms with Gasteiger partial charge in [-0.1, -0.05) is 6.92 Å². The van der Waals surface area contributed by atoms with Crippen molar-refractivity contribution in [2.75, 3.05) is 17.6 Å². The number of rotatable bonds is 3. The molecule has 0 aliphatic carbocycles. The van der Waals surface area contributed by atoms with Crippen LogP contribution in [0.25, 0.3) is 0 Å². The molecule has 1 atom stereocenters. The SMILES string of the molecule is CC1CC(=O)N(CC(=O)Nc2ccc(F)cc2N)C1=O. The number of hydrogen-bond acceptors (Lipinski definition) is 4. The maximum absolute atomic E-state index is 12.9. The van der Waals surface area contributed by atoms with Gasteiger partial charge < -0.3 is 11.1 Å². The Morgan fingerprint density at radius 2 is 2.20 bits per heavy atom. The van der Waals surface area contributed by atoms with Gasteiger partial charge in [0.25, 0.3) is 0 Å². The van der Waals surface area contributed by atoms with Crippen molar-refractivity contribution in [2.24, 2.45) is 5.92 Å². The molecular weight excluding hydrogens is 265 g/mol. The van der Waals surface area contributed by atoms with Crippen LogP contribution in [0, 0.1) is 11.7 Å². The largest absolute Gasteiger partial charge is 0.397 e. The number of benzene rings is 1. The summed E-state index contributed by atoms with van der Waals surface area (Å²) in [6, 6.07) is 3.54. The Labute approximate surface area is 114 Å². The Morgan fingerprint density at radius 1 is 1.50 bits per heavy atom. The van der Waals surface area contributed by atoms with Crippen molar-refractivity contribution < 1.29 is 18.8 Å². The normalized spacial score (nSPS) is 18.5. The molecule has 0 spiro atoms. The van der Waals surface area contributed by atoms with Crippen molar-refractivity contribution >= 4 is 29.1 Å². The Kier molecular flexibility index (Phi) is 3.69. The quantitative estimate of drug-likeness (QED) is 0.630. The molecule has 1 saturated heterocycles. The summed E-state index contributed by atoms with van der Waals surface area (Å²) in [5.41, 5.74) is 5.87. The molecule has 106 valence electrons. The lowest BCUT2D eigenvalue weighted by atomic mass is 10.1. The third-order valence-corrected chi connectivity index (χ3v) is 3.06. The Morgan fingerprint density at radius 3 is 2.75 bits per heavy atom. The summed E-state index contributed by atoms with van der Waals surface area (Å²) in [6.45, 7) is 1.27. The molecule has 0 aromatic heterocycles. The van der Waals surface area contributed by atoms with Gasteiger partial charge in [0.2, 0.25) is 17.7 Å². The van der Waals surface area contributed by atoms with Gasteiger partial charge in [-0.2, -0.15) is 0 Å². The highest BCUT2D eigenvalue weighted by atomic mass is 19.1. The molecule has 1 aliphatic rings. The second-order valence-electron chi connectivity index (χ2n) is 4.70. The minimum Gasteiger partial charge on any atom is -0.397 e. The first-order chi connectivity index (χ1) is 9.38. The van der Waals surface area contributed by atoms with Crippen molar-refractivity contribution in [3.63, 3.8) is 0 Å². The molecular formula is C13H14FN3O3. The number of carbonyl (C=O) groups excluding carboxylic acids is 3. The van der Waals surface area contributed by atoms with E-state index in [4.69, 9.17) is 5.73 Å². The number of hydrogen-bond donors (Lipinski definition) is 2. The van der Waals surface area contributed by atoms with E-state index in [0.29, 0.717) is 0 Å². The van der Waals surface area contributed by atoms with Gasteiger partial charge in [0.05, 0.1) is 11.4 Å². The minimum absolute atomic E-state index is 0.0748. The van der Waals surface area contributed by atoms with Crippen LogP contribution in [-0.2, 0) is 14.4 Å². The smallest absolute Gasteiger partial charge is 0.244 e. The highest BCUT2D eigenvalue weighted by Gasteiger charge is 2.36. The second-order valence-corrected chi connectivity index (χ2v) is 4.70. The van der Waals surface area contributed by atoms with Crippen LogP contribution in [0.5, 0.6) is 0 Å². The zero-order valence-corrected chi connectivity index (χ0v) is 10.9. The standard InChI is InChI=1S/C13H14FN3O3/c1-7-4-12(19)17(13(7)20)6-11(18)16-10-3-2-8(14)5-9(10)15/h2-3,5,7H,4,6,15H2,1H3,(H,16,18). The molecule has 3 amide bonds. The van der Waals surface area contributed by atoms with Crippen LogP contribution < -0.4 is 11.1 Å². The van der Waals surface area contributed by atoms with E-state index in [9.17, 15) is 18.8 Å². The summed E-state index contributed by atoms with van der Waals surface area (Å²) in [7, 11) is 0. The molecule has 1 fully saturated rings. The van der Waals surface area contributed by atoms with Gasteiger partial charge in [-0.25, -0.2) is 4.39 Å². The maximum Gasteiger partial charge on any atom is 0.244 e. The van der Waals surface area contributed by atoms with Gasteiger partial charge in [0.15, 0.2) is 0 Å². The fraction of sp³-hybridized carbons (Fsp3) is 0.308. The summed E-state index contributed by atoms with van der Waals surface area (Å²) in [6.07, 6.45) is 0.116. The molecule has 2 rings (SSSR count). The second kappa shape index (κ2) is 5.28. The van der Waals surface area contributed by atoms with Crippen LogP contribution in [0.1, 0.15) is 13.3 Å². The number of halogens is 1. The number of imide groups is 1. The Bertz CT molecular complexity index is 588. The number of nitrogens with two attached hydrogens (primary N) is 1. The number of nitrogen functional groups attached to an aromatic ring is 1. The van der Waals surface area contributed by atoms with Gasteiger partial charge in [0.1, 0.15) is 12.4 Å². The number of likely N-dealkylation sites (tertiary alicyclic amines) is 1. The molecule has 1 aliphatic heterocycles. The summed E-state index contributed by atoms with van der Waals surface area (Å²) in [4.78, 5) is 35.9. The lowest BCUT2D eigenvalue weighted by molar-refractivity contribution is -0.142. The van der Waals surface area contributed by atoms with Crippen molar-refractivity contribution in [2.45, 2.75) is 13.3 Å². The topological polar surface area (TPSA) is 92.5 Å². The Hall–Kier alpha value is -2.44. The molecule has 3 N–H and O–H groups in total. The molecule has 1 unspecified atom stereocenters. The number of amides is 3. The number of anilines is 2. The monoisotopic (exact) mass is 279 g/mol. The highest BCUT2D eigenvalue weighted by molar-refractivity contribution is 6.07. The summed E-state index contributed by atoms with van der Waals surface area (Å²) >= 11 is 0. The van der Waals surface area contributed by atoms with Gasteiger partial charge in [-0.05, 0) is 18.2 Å². The van der Waals surface area contributed by atoms with Crippen molar-refractivity contribution in [1.29, 1.82) is 0 Å². The van der Waals surface area contributed by atoms with Crippen LogP contribution in [-0.4, -0.2) is 29.2 Å². The van der Waals surface area contributed by atoms with E-state index in [1.165, 1.54) is 6.07 Å². The first kappa shape index (κ1) is 14.0. The third kappa shape index (κ3) is 2.76. The molecule has 0 radical (unpaired) electrons. The van der Waals surface area contributed by atoms with Crippen molar-refractivity contribution in [1.82, 2.24) is 4.90 Å². The first-order valence-corrected chi connectivity index (χ1v) is 6.07. The predicted molar refractivity (Wildman–Crippen MR) is 69.9 cm³/mol. The molecule has 20 heavy (non-hydrogen) atoms. The van der Waals surface area contributed by atoms with E-state index < -0.39 is 17.6 Å². The zero-order chi connectivity index (χ0) is 14.9. The molecule has 1 aromatic rings. The van der Waals surface area contributed by atoms with Gasteiger partial charge in [-0.3, -0.25) is 19.3 Å². The average Bonchev–Trinajstić information content (AvgIpc) is 2.60. The lowest BCUT2D eigenvalue weighted by Gasteiger charge is -2.14. The molecule has 1 heterocycles. The van der Waals surface area contributed by atoms with E-state index in [-0.39, 0.29) is 36.2 Å². The third-order valence-electron chi connectivity index (χ3n) is 3.06. The molecule has 0 bridgehead atoms. The first-order valence-electron chi connectivity index (χ1n) is 6.07. The Balaban J connectivity index is 2.03. The molecule has 7 heteroatoms. The lowest BCUT2D eigenvalue weighted by Crippen LogP contribution is -2.37. The fourth-order valence-electron chi connectivity index (χ4n) is 2.00. The van der Waals surface area contributed by atoms with Crippen LogP contribution in [0.15, 0.2) is 18.2 Å². The highest BCUT2D eigenvalue weighted by Crippen LogP contribution is 2.21. The molecule has 6 nitrogen and oxygen atoms in total. The summed E-state index contributed by atoms with van der Waals surface area (Å²) in [5, 5.41) is 2.44. The minimum atomic E-state index is -0.556. The maximum atomic E-state index is 12.9. The van der Waals surface area contributed by atoms with Crippen molar-refractivity contribution in [3.8, 4) is 0 Å². The average molecular weight is 279 g/mol. The van der Waals surface area contributed by atoms with E-state index in [1.54, 1.807) is 6.92 Å². The molecule has 0 saturated carbocycles. The van der Waals surface area contributed by atoms with Crippen LogP contribution in [0.2, 0.25) is 0 Å². The van der Waals surface area contributed by atoms with Gasteiger partial charge >= 0.3 is 0 Å². The van der Waals surface area contributed by atoms with Gasteiger partial charge in [-0.15, -0.1) is 0 Å². The van der Waals surface area contributed by atoms with E-state index in [0.717, 1.165) is 17.0 Å². The van der Waals surface area contributed by atoms with E-state index in [1.807, 2.05) is 0 Å². The van der Waals surface area contributed by atoms with Crippen LogP contribution in [0.4, 0.5) is 15.8 Å². The predicted octanol–water partition coefficient (Wildman–Crippen LogP) is 0.741. The van der Waals surface area contributed by atoms with Gasteiger partial charge in [0, 0.05) is 12.3 Å². The van der Waals surface area contributed by atoms with Crippen LogP contribution in [0.3, 0.4) is 0 Å². The summed E-state index contributed by atoms with van der Waals surface area (Å²) < 4.78 is 12.9. The number of nitrogens with one attached hydrogen (secondary N) is 1. The zero-order valence-electron chi connectivity index (χ0n) is 10.9. The number of carbonyl (C=O) groups is 3. The molecule has 1 aromatic carbocycles. The van der Waals surface area contributed by atoms with Crippen LogP contribution >= 0.6 is 0 Å². The summed E-state index contributed by atoms with van der Waals surface area (Å²) in [5.74, 6) is -2.20. The number of nitrogens with zero attached hydrogens (tertiary/aromatic N) is 1. The fourth-order valence-corrected chi connectivity index (χ4v) is 2.00. The van der Waals surface area contributed by atoms with E-state index in [2.05, 4.69) is 5.32 Å².